The first-order valence-corrected chi connectivity index (χ1v) is 9.31. The fourth-order valence-corrected chi connectivity index (χ4v) is 4.15. The van der Waals surface area contributed by atoms with E-state index in [0.717, 1.165) is 13.0 Å². The predicted octanol–water partition coefficient (Wildman–Crippen LogP) is 2.76. The Bertz CT molecular complexity index is 1150. The highest BCUT2D eigenvalue weighted by Crippen LogP contribution is 2.45. The van der Waals surface area contributed by atoms with Gasteiger partial charge in [0.25, 0.3) is 0 Å². The number of nitrogens with zero attached hydrogens (tertiary/aromatic N) is 2. The highest BCUT2D eigenvalue weighted by atomic mass is 35.5. The number of pyridine rings is 1. The van der Waals surface area contributed by atoms with Crippen molar-refractivity contribution in [3.05, 3.63) is 63.1 Å². The summed E-state index contributed by atoms with van der Waals surface area (Å²) in [6, 6.07) is 1.47. The number of aliphatic hydroxyl groups excluding tert-OH is 1. The average Bonchev–Trinajstić information content (AvgIpc) is 2.64. The van der Waals surface area contributed by atoms with Gasteiger partial charge >= 0.3 is 0 Å². The lowest BCUT2D eigenvalue weighted by atomic mass is 9.79. The highest BCUT2D eigenvalue weighted by molar-refractivity contribution is 6.36. The Morgan fingerprint density at radius 2 is 1.90 bits per heavy atom. The van der Waals surface area contributed by atoms with Gasteiger partial charge in [0, 0.05) is 24.7 Å². The van der Waals surface area contributed by atoms with E-state index in [1.165, 1.54) is 11.0 Å². The molecule has 0 bridgehead atoms. The molecule has 2 heterocycles. The molecule has 156 valence electrons. The summed E-state index contributed by atoms with van der Waals surface area (Å²) in [5, 5.41) is 9.36. The van der Waals surface area contributed by atoms with E-state index in [1.54, 1.807) is 0 Å². The van der Waals surface area contributed by atoms with Crippen LogP contribution in [0.2, 0.25) is 5.02 Å². The summed E-state index contributed by atoms with van der Waals surface area (Å²) >= 11 is 6.46. The van der Waals surface area contributed by atoms with Crippen LogP contribution in [-0.4, -0.2) is 40.9 Å². The zero-order valence-electron chi connectivity index (χ0n) is 15.5. The second-order valence-electron chi connectivity index (χ2n) is 7.21. The fourth-order valence-electron chi connectivity index (χ4n) is 3.72. The second-order valence-corrected chi connectivity index (χ2v) is 7.58. The predicted molar refractivity (Wildman–Crippen MR) is 103 cm³/mol. The lowest BCUT2D eigenvalue weighted by Gasteiger charge is -2.39. The number of rotatable bonds is 3. The van der Waals surface area contributed by atoms with Gasteiger partial charge in [0.1, 0.15) is 11.6 Å². The van der Waals surface area contributed by atoms with Gasteiger partial charge in [-0.3, -0.25) is 9.59 Å². The third kappa shape index (κ3) is 3.05. The molecular weight excluding hydrogens is 423 g/mol. The average molecular weight is 438 g/mol. The standard InChI is InChI=1S/C20H15ClF3N3O3/c1-7(28)9-2-10(17-12(22)4-14(24)20(25)26-17)15-11(19(9)30)3-13(23)18(16(15)21)27-5-8(29)6-27/h2-4,8,10,29H,5-6H2,1H3,(H2,25,26). The van der Waals surface area contributed by atoms with Crippen molar-refractivity contribution in [2.24, 2.45) is 0 Å². The summed E-state index contributed by atoms with van der Waals surface area (Å²) in [6.07, 6.45) is 0.517. The van der Waals surface area contributed by atoms with Crippen LogP contribution in [-0.2, 0) is 4.79 Å². The minimum atomic E-state index is -1.18. The molecule has 1 atom stereocenters. The number of halogens is 4. The number of hydrogen-bond donors (Lipinski definition) is 2. The van der Waals surface area contributed by atoms with E-state index in [9.17, 15) is 27.9 Å². The number of Topliss-reactive ketones (excluding diaryl/α,β-unsaturated/α-hetero) is 2. The number of aliphatic hydroxyl groups is 1. The van der Waals surface area contributed by atoms with Crippen LogP contribution < -0.4 is 10.6 Å². The van der Waals surface area contributed by atoms with Crippen LogP contribution in [0.5, 0.6) is 0 Å². The van der Waals surface area contributed by atoms with E-state index in [-0.39, 0.29) is 46.2 Å². The molecule has 1 aromatic heterocycles. The zero-order valence-corrected chi connectivity index (χ0v) is 16.3. The number of anilines is 2. The number of hydrogen-bond acceptors (Lipinski definition) is 6. The SMILES string of the molecule is CC(=O)C1=CC(c2nc(N)c(F)cc2F)c2c(cc(F)c(N3CC(O)C3)c2Cl)C1=O. The van der Waals surface area contributed by atoms with E-state index in [2.05, 4.69) is 4.98 Å². The van der Waals surface area contributed by atoms with E-state index in [4.69, 9.17) is 17.3 Å². The summed E-state index contributed by atoms with van der Waals surface area (Å²) in [5.41, 5.74) is 4.59. The molecule has 1 aliphatic heterocycles. The normalized spacial score (nSPS) is 18.7. The third-order valence-electron chi connectivity index (χ3n) is 5.20. The molecule has 30 heavy (non-hydrogen) atoms. The number of allylic oxidation sites excluding steroid dienone is 2. The Labute approximate surface area is 173 Å². The number of carbonyl (C=O) groups is 2. The van der Waals surface area contributed by atoms with Crippen molar-refractivity contribution >= 4 is 34.7 Å². The van der Waals surface area contributed by atoms with Crippen LogP contribution in [0.1, 0.15) is 34.5 Å². The number of ketones is 2. The van der Waals surface area contributed by atoms with E-state index in [1.807, 2.05) is 0 Å². The maximum Gasteiger partial charge on any atom is 0.196 e. The number of fused-ring (bicyclic) bond motifs is 1. The van der Waals surface area contributed by atoms with Gasteiger partial charge in [0.05, 0.1) is 34.0 Å². The first-order valence-electron chi connectivity index (χ1n) is 8.93. The molecule has 0 spiro atoms. The number of benzene rings is 1. The Kier molecular flexibility index (Phi) is 4.82. The minimum Gasteiger partial charge on any atom is -0.389 e. The van der Waals surface area contributed by atoms with Crippen molar-refractivity contribution in [1.29, 1.82) is 0 Å². The molecule has 2 aliphatic rings. The number of β-amino-alcohol motifs (C(OH)–C–C–N with tert-alkyl or cyclic N) is 1. The molecule has 0 radical (unpaired) electrons. The Balaban J connectivity index is 1.99. The Morgan fingerprint density at radius 3 is 2.50 bits per heavy atom. The molecule has 1 fully saturated rings. The Morgan fingerprint density at radius 1 is 1.23 bits per heavy atom. The molecule has 10 heteroatoms. The van der Waals surface area contributed by atoms with Gasteiger partial charge in [-0.2, -0.15) is 0 Å². The van der Waals surface area contributed by atoms with Crippen molar-refractivity contribution in [3.63, 3.8) is 0 Å². The molecule has 0 amide bonds. The van der Waals surface area contributed by atoms with Crippen LogP contribution in [0.3, 0.4) is 0 Å². The first kappa shape index (κ1) is 20.4. The number of aromatic nitrogens is 1. The van der Waals surface area contributed by atoms with Crippen LogP contribution in [0.4, 0.5) is 24.7 Å². The molecule has 1 aliphatic carbocycles. The van der Waals surface area contributed by atoms with E-state index in [0.29, 0.717) is 6.07 Å². The van der Waals surface area contributed by atoms with Crippen molar-refractivity contribution in [2.45, 2.75) is 18.9 Å². The van der Waals surface area contributed by atoms with Crippen molar-refractivity contribution in [1.82, 2.24) is 4.98 Å². The third-order valence-corrected chi connectivity index (χ3v) is 5.58. The molecule has 0 saturated carbocycles. The molecular formula is C20H15ClF3N3O3. The van der Waals surface area contributed by atoms with Crippen LogP contribution in [0, 0.1) is 17.5 Å². The van der Waals surface area contributed by atoms with Gasteiger partial charge in [-0.05, 0) is 18.6 Å². The molecule has 1 unspecified atom stereocenters. The van der Waals surface area contributed by atoms with Gasteiger partial charge in [0.15, 0.2) is 23.2 Å². The summed E-state index contributed by atoms with van der Waals surface area (Å²) in [7, 11) is 0. The second kappa shape index (κ2) is 7.10. The topological polar surface area (TPSA) is 96.5 Å². The lowest BCUT2D eigenvalue weighted by molar-refractivity contribution is -0.113. The lowest BCUT2D eigenvalue weighted by Crippen LogP contribution is -2.51. The van der Waals surface area contributed by atoms with Crippen LogP contribution >= 0.6 is 11.6 Å². The molecule has 4 rings (SSSR count). The number of nitrogens with two attached hydrogens (primary N) is 1. The quantitative estimate of drug-likeness (QED) is 0.717. The number of nitrogen functional groups attached to an aromatic ring is 1. The summed E-state index contributed by atoms with van der Waals surface area (Å²) in [4.78, 5) is 30.0. The number of carbonyl (C=O) groups excluding carboxylic acids is 2. The van der Waals surface area contributed by atoms with Crippen molar-refractivity contribution < 1.29 is 27.9 Å². The maximum absolute atomic E-state index is 14.8. The van der Waals surface area contributed by atoms with Crippen molar-refractivity contribution in [3.8, 4) is 0 Å². The first-order chi connectivity index (χ1) is 14.1. The van der Waals surface area contributed by atoms with Gasteiger partial charge in [-0.15, -0.1) is 0 Å². The summed E-state index contributed by atoms with van der Waals surface area (Å²) < 4.78 is 43.1. The van der Waals surface area contributed by atoms with Gasteiger partial charge in [0.2, 0.25) is 0 Å². The monoisotopic (exact) mass is 437 g/mol. The zero-order chi connectivity index (χ0) is 21.9. The maximum atomic E-state index is 14.8. The fraction of sp³-hybridized carbons (Fsp3) is 0.250. The van der Waals surface area contributed by atoms with Gasteiger partial charge < -0.3 is 15.7 Å². The highest BCUT2D eigenvalue weighted by Gasteiger charge is 2.38. The molecule has 1 aromatic carbocycles. The molecule has 2 aromatic rings. The molecule has 6 nitrogen and oxygen atoms in total. The summed E-state index contributed by atoms with van der Waals surface area (Å²) in [5.74, 6) is -6.09. The minimum absolute atomic E-state index is 0.0295. The van der Waals surface area contributed by atoms with E-state index >= 15 is 0 Å². The van der Waals surface area contributed by atoms with Crippen LogP contribution in [0.25, 0.3) is 0 Å². The van der Waals surface area contributed by atoms with Crippen molar-refractivity contribution in [2.75, 3.05) is 23.7 Å². The molecule has 3 N–H and O–H groups in total. The van der Waals surface area contributed by atoms with E-state index < -0.39 is 46.9 Å². The molecule has 1 saturated heterocycles. The summed E-state index contributed by atoms with van der Waals surface area (Å²) in [6.45, 7) is 1.39. The smallest absolute Gasteiger partial charge is 0.196 e. The van der Waals surface area contributed by atoms with Crippen LogP contribution in [0.15, 0.2) is 23.8 Å². The van der Waals surface area contributed by atoms with Gasteiger partial charge in [-0.1, -0.05) is 17.7 Å². The Hall–Kier alpha value is -2.91. The van der Waals surface area contributed by atoms with Gasteiger partial charge in [-0.25, -0.2) is 18.2 Å². The largest absolute Gasteiger partial charge is 0.389 e.